The number of nitrogens with zero attached hydrogens (tertiary/aromatic N) is 2. The Balaban J connectivity index is 2.28. The van der Waals surface area contributed by atoms with Gasteiger partial charge in [-0.1, -0.05) is 18.2 Å². The van der Waals surface area contributed by atoms with Gasteiger partial charge in [0.05, 0.1) is 0 Å². The monoisotopic (exact) mass is 354 g/mol. The quantitative estimate of drug-likeness (QED) is 0.391. The van der Waals surface area contributed by atoms with Crippen molar-refractivity contribution in [1.29, 1.82) is 5.26 Å². The topological polar surface area (TPSA) is 126 Å². The van der Waals surface area contributed by atoms with Crippen LogP contribution in [0.4, 0.5) is 0 Å². The van der Waals surface area contributed by atoms with Gasteiger partial charge in [0.25, 0.3) is 5.91 Å². The molecule has 0 aliphatic rings. The van der Waals surface area contributed by atoms with Gasteiger partial charge in [0.15, 0.2) is 6.19 Å². The molecule has 2 rings (SSSR count). The van der Waals surface area contributed by atoms with Gasteiger partial charge in [0.2, 0.25) is 5.91 Å². The van der Waals surface area contributed by atoms with E-state index in [1.165, 1.54) is 0 Å². The van der Waals surface area contributed by atoms with Crippen LogP contribution < -0.4 is 5.32 Å². The number of likely N-dealkylation sites (N-methyl/N-ethyl adjacent to an activating group) is 1. The molecule has 26 heavy (non-hydrogen) atoms. The van der Waals surface area contributed by atoms with E-state index in [0.717, 1.165) is 27.4 Å². The van der Waals surface area contributed by atoms with Crippen molar-refractivity contribution in [3.05, 3.63) is 48.2 Å². The summed E-state index contributed by atoms with van der Waals surface area (Å²) in [5.74, 6) is -2.55. The van der Waals surface area contributed by atoms with E-state index in [4.69, 9.17) is 10.4 Å². The zero-order chi connectivity index (χ0) is 19.1. The summed E-state index contributed by atoms with van der Waals surface area (Å²) in [5, 5.41) is 21.1. The lowest BCUT2D eigenvalue weighted by molar-refractivity contribution is -0.132. The summed E-state index contributed by atoms with van der Waals surface area (Å²) in [4.78, 5) is 39.1. The molecule has 0 spiro atoms. The van der Waals surface area contributed by atoms with E-state index < -0.39 is 23.8 Å². The zero-order valence-electron chi connectivity index (χ0n) is 14.1. The minimum Gasteiger partial charge on any atom is -0.478 e. The number of hydrogen-bond donors (Lipinski definition) is 3. The van der Waals surface area contributed by atoms with E-state index in [-0.39, 0.29) is 13.0 Å². The predicted molar refractivity (Wildman–Crippen MR) is 93.7 cm³/mol. The van der Waals surface area contributed by atoms with Crippen LogP contribution in [0.5, 0.6) is 0 Å². The summed E-state index contributed by atoms with van der Waals surface area (Å²) >= 11 is 0. The molecule has 8 heteroatoms. The van der Waals surface area contributed by atoms with E-state index in [1.807, 2.05) is 24.3 Å². The molecule has 1 aromatic carbocycles. The van der Waals surface area contributed by atoms with Crippen molar-refractivity contribution in [1.82, 2.24) is 15.2 Å². The summed E-state index contributed by atoms with van der Waals surface area (Å²) in [6.07, 6.45) is 5.21. The van der Waals surface area contributed by atoms with Crippen LogP contribution in [0.3, 0.4) is 0 Å². The third kappa shape index (κ3) is 4.48. The van der Waals surface area contributed by atoms with Crippen molar-refractivity contribution in [2.45, 2.75) is 19.4 Å². The average molecular weight is 354 g/mol. The molecule has 2 amide bonds. The Morgan fingerprint density at radius 2 is 2.08 bits per heavy atom. The summed E-state index contributed by atoms with van der Waals surface area (Å²) in [5.41, 5.74) is 1.69. The second-order valence-corrected chi connectivity index (χ2v) is 5.48. The number of carbonyl (C=O) groups excluding carboxylic acids is 2. The maximum absolute atomic E-state index is 12.6. The Hall–Kier alpha value is -3.60. The number of nitrogens with one attached hydrogen (secondary N) is 2. The van der Waals surface area contributed by atoms with Gasteiger partial charge in [-0.25, -0.2) is 9.69 Å². The van der Waals surface area contributed by atoms with Crippen LogP contribution in [0.2, 0.25) is 0 Å². The number of rotatable bonds is 7. The van der Waals surface area contributed by atoms with Crippen LogP contribution in [0.15, 0.2) is 42.6 Å². The number of carboxylic acid groups (broad SMARTS) is 1. The molecule has 1 aromatic heterocycles. The van der Waals surface area contributed by atoms with Gasteiger partial charge < -0.3 is 15.4 Å². The first-order valence-corrected chi connectivity index (χ1v) is 7.93. The van der Waals surface area contributed by atoms with Crippen LogP contribution in [-0.2, 0) is 20.8 Å². The van der Waals surface area contributed by atoms with Crippen molar-refractivity contribution < 1.29 is 19.5 Å². The zero-order valence-corrected chi connectivity index (χ0v) is 14.1. The lowest BCUT2D eigenvalue weighted by atomic mass is 10.0. The number of aromatic amines is 1. The second-order valence-electron chi connectivity index (χ2n) is 5.48. The molecule has 0 saturated heterocycles. The van der Waals surface area contributed by atoms with E-state index in [9.17, 15) is 14.4 Å². The molecule has 134 valence electrons. The number of aliphatic carboxylic acids is 1. The molecule has 0 saturated carbocycles. The lowest BCUT2D eigenvalue weighted by Crippen LogP contribution is -2.48. The Morgan fingerprint density at radius 1 is 1.35 bits per heavy atom. The maximum atomic E-state index is 12.6. The molecule has 1 heterocycles. The first kappa shape index (κ1) is 18.7. The van der Waals surface area contributed by atoms with Crippen molar-refractivity contribution in [3.63, 3.8) is 0 Å². The van der Waals surface area contributed by atoms with E-state index in [2.05, 4.69) is 10.3 Å². The van der Waals surface area contributed by atoms with Crippen molar-refractivity contribution in [2.75, 3.05) is 6.54 Å². The van der Waals surface area contributed by atoms with Crippen molar-refractivity contribution >= 4 is 28.7 Å². The van der Waals surface area contributed by atoms with Gasteiger partial charge in [-0.2, -0.15) is 5.26 Å². The number of fused-ring (bicyclic) bond motifs is 1. The molecule has 0 fully saturated rings. The third-order valence-corrected chi connectivity index (χ3v) is 3.79. The SMILES string of the molecule is CCN(C#N)C(=O)C(Cc1c[nH]c2ccccc12)NC(=O)C=CC(=O)O. The van der Waals surface area contributed by atoms with E-state index in [1.54, 1.807) is 19.3 Å². The number of para-hydroxylation sites is 1. The lowest BCUT2D eigenvalue weighted by Gasteiger charge is -2.21. The van der Waals surface area contributed by atoms with Crippen molar-refractivity contribution in [3.8, 4) is 6.19 Å². The molecular formula is C18H18N4O4. The number of H-pyrrole nitrogens is 1. The smallest absolute Gasteiger partial charge is 0.328 e. The summed E-state index contributed by atoms with van der Waals surface area (Å²) < 4.78 is 0. The van der Waals surface area contributed by atoms with E-state index >= 15 is 0 Å². The van der Waals surface area contributed by atoms with Crippen LogP contribution in [0.1, 0.15) is 12.5 Å². The molecule has 0 aliphatic carbocycles. The maximum Gasteiger partial charge on any atom is 0.328 e. The minimum absolute atomic E-state index is 0.160. The number of carbonyl (C=O) groups is 3. The number of aromatic nitrogens is 1. The fraction of sp³-hybridized carbons (Fsp3) is 0.222. The van der Waals surface area contributed by atoms with E-state index in [0.29, 0.717) is 6.08 Å². The first-order valence-electron chi connectivity index (χ1n) is 7.93. The first-order chi connectivity index (χ1) is 12.5. The molecule has 1 atom stereocenters. The number of benzene rings is 1. The van der Waals surface area contributed by atoms with Crippen LogP contribution >= 0.6 is 0 Å². The number of hydrogen-bond acceptors (Lipinski definition) is 4. The molecule has 3 N–H and O–H groups in total. The van der Waals surface area contributed by atoms with Crippen LogP contribution in [-0.4, -0.2) is 45.4 Å². The average Bonchev–Trinajstić information content (AvgIpc) is 3.03. The van der Waals surface area contributed by atoms with Crippen molar-refractivity contribution in [2.24, 2.45) is 0 Å². The number of carboxylic acids is 1. The molecule has 1 unspecified atom stereocenters. The largest absolute Gasteiger partial charge is 0.478 e. The fourth-order valence-electron chi connectivity index (χ4n) is 2.55. The Morgan fingerprint density at radius 3 is 2.73 bits per heavy atom. The van der Waals surface area contributed by atoms with Gasteiger partial charge in [-0.15, -0.1) is 0 Å². The van der Waals surface area contributed by atoms with Gasteiger partial charge in [-0.3, -0.25) is 9.59 Å². The van der Waals surface area contributed by atoms with Crippen LogP contribution in [0, 0.1) is 11.5 Å². The number of amides is 2. The normalized spacial score (nSPS) is 11.8. The van der Waals surface area contributed by atoms with Gasteiger partial charge in [0, 0.05) is 42.2 Å². The second kappa shape index (κ2) is 8.48. The third-order valence-electron chi connectivity index (χ3n) is 3.79. The number of nitriles is 1. The van der Waals surface area contributed by atoms with Crippen LogP contribution in [0.25, 0.3) is 10.9 Å². The van der Waals surface area contributed by atoms with Gasteiger partial charge >= 0.3 is 5.97 Å². The highest BCUT2D eigenvalue weighted by atomic mass is 16.4. The molecule has 0 aliphatic heterocycles. The summed E-state index contributed by atoms with van der Waals surface area (Å²) in [7, 11) is 0. The molecular weight excluding hydrogens is 336 g/mol. The molecule has 0 radical (unpaired) electrons. The Kier molecular flexibility index (Phi) is 6.11. The molecule has 0 bridgehead atoms. The highest BCUT2D eigenvalue weighted by molar-refractivity contribution is 5.97. The highest BCUT2D eigenvalue weighted by Crippen LogP contribution is 2.19. The molecule has 8 nitrogen and oxygen atoms in total. The standard InChI is InChI=1S/C18H18N4O4/c1-2-22(11-19)18(26)15(21-16(23)7-8-17(24)25)9-12-10-20-14-6-4-3-5-13(12)14/h3-8,10,15,20H,2,9H2,1H3,(H,21,23)(H,24,25). The fourth-order valence-corrected chi connectivity index (χ4v) is 2.55. The molecule has 2 aromatic rings. The van der Waals surface area contributed by atoms with Gasteiger partial charge in [0.1, 0.15) is 6.04 Å². The Bertz CT molecular complexity index is 894. The summed E-state index contributed by atoms with van der Waals surface area (Å²) in [6.45, 7) is 1.82. The van der Waals surface area contributed by atoms with Gasteiger partial charge in [-0.05, 0) is 18.6 Å². The summed E-state index contributed by atoms with van der Waals surface area (Å²) in [6, 6.07) is 6.50. The minimum atomic E-state index is -1.27. The predicted octanol–water partition coefficient (Wildman–Crippen LogP) is 1.17. The highest BCUT2D eigenvalue weighted by Gasteiger charge is 2.26. The Labute approximate surface area is 149 Å².